The van der Waals surface area contributed by atoms with Crippen molar-refractivity contribution in [3.8, 4) is 0 Å². The molecule has 0 radical (unpaired) electrons. The van der Waals surface area contributed by atoms with Gasteiger partial charge >= 0.3 is 5.97 Å². The summed E-state index contributed by atoms with van der Waals surface area (Å²) >= 11 is 0. The summed E-state index contributed by atoms with van der Waals surface area (Å²) in [4.78, 5) is 12.2. The summed E-state index contributed by atoms with van der Waals surface area (Å²) in [5.74, 6) is -0.253. The molecule has 1 aromatic rings. The van der Waals surface area contributed by atoms with Gasteiger partial charge in [-0.1, -0.05) is 18.2 Å². The van der Waals surface area contributed by atoms with Crippen molar-refractivity contribution in [1.29, 1.82) is 0 Å². The second-order valence-electron chi connectivity index (χ2n) is 5.84. The lowest BCUT2D eigenvalue weighted by molar-refractivity contribution is -0.156. The normalized spacial score (nSPS) is 18.8. The number of carbonyl (C=O) groups excluding carboxylic acids is 1. The molecule has 0 fully saturated rings. The van der Waals surface area contributed by atoms with Crippen molar-refractivity contribution in [1.82, 2.24) is 0 Å². The summed E-state index contributed by atoms with van der Waals surface area (Å²) < 4.78 is 5.51. The predicted molar refractivity (Wildman–Crippen MR) is 72.9 cm³/mol. The van der Waals surface area contributed by atoms with Gasteiger partial charge in [-0.3, -0.25) is 4.79 Å². The summed E-state index contributed by atoms with van der Waals surface area (Å²) in [5.41, 5.74) is 2.92. The van der Waals surface area contributed by atoms with Gasteiger partial charge < -0.3 is 10.1 Å². The lowest BCUT2D eigenvalue weighted by Gasteiger charge is -2.29. The molecule has 1 aliphatic heterocycles. The Morgan fingerprint density at radius 3 is 2.78 bits per heavy atom. The molecule has 0 aliphatic carbocycles. The Labute approximate surface area is 109 Å². The maximum Gasteiger partial charge on any atom is 0.314 e. The number of esters is 1. The second kappa shape index (κ2) is 4.63. The van der Waals surface area contributed by atoms with E-state index in [1.165, 1.54) is 5.56 Å². The van der Waals surface area contributed by atoms with Crippen molar-refractivity contribution in [3.05, 3.63) is 29.3 Å². The maximum atomic E-state index is 12.2. The van der Waals surface area contributed by atoms with E-state index in [9.17, 15) is 4.79 Å². The van der Waals surface area contributed by atoms with Gasteiger partial charge in [0.2, 0.25) is 0 Å². The summed E-state index contributed by atoms with van der Waals surface area (Å²) in [5, 5.41) is 3.37. The first kappa shape index (κ1) is 12.9. The summed E-state index contributed by atoms with van der Waals surface area (Å²) in [6, 6.07) is 6.07. The second-order valence-corrected chi connectivity index (χ2v) is 5.84. The topological polar surface area (TPSA) is 38.3 Å². The largest absolute Gasteiger partial charge is 0.459 e. The van der Waals surface area contributed by atoms with E-state index < -0.39 is 5.60 Å². The molecule has 2 rings (SSSR count). The Morgan fingerprint density at radius 2 is 2.11 bits per heavy atom. The highest BCUT2D eigenvalue weighted by Gasteiger charge is 2.30. The average molecular weight is 247 g/mol. The Morgan fingerprint density at radius 1 is 1.39 bits per heavy atom. The van der Waals surface area contributed by atoms with Gasteiger partial charge in [-0.2, -0.15) is 0 Å². The average Bonchev–Trinajstić information content (AvgIpc) is 2.26. The van der Waals surface area contributed by atoms with Crippen LogP contribution in [0.4, 0.5) is 5.69 Å². The predicted octanol–water partition coefficient (Wildman–Crippen LogP) is 3.24. The molecule has 0 amide bonds. The number of aryl methyl sites for hydroxylation is 1. The van der Waals surface area contributed by atoms with Crippen molar-refractivity contribution < 1.29 is 9.53 Å². The fourth-order valence-corrected chi connectivity index (χ4v) is 2.34. The lowest BCUT2D eigenvalue weighted by atomic mass is 9.89. The number of benzene rings is 1. The van der Waals surface area contributed by atoms with E-state index in [2.05, 4.69) is 18.3 Å². The van der Waals surface area contributed by atoms with E-state index in [4.69, 9.17) is 4.74 Å². The minimum Gasteiger partial charge on any atom is -0.459 e. The molecule has 0 aromatic heterocycles. The van der Waals surface area contributed by atoms with Crippen LogP contribution < -0.4 is 5.32 Å². The minimum absolute atomic E-state index is 0.115. The highest BCUT2D eigenvalue weighted by atomic mass is 16.6. The number of fused-ring (bicyclic) bond motifs is 1. The Bertz CT molecular complexity index is 460. The number of anilines is 1. The first-order chi connectivity index (χ1) is 8.38. The van der Waals surface area contributed by atoms with E-state index in [1.807, 2.05) is 32.9 Å². The van der Waals surface area contributed by atoms with E-state index in [0.717, 1.165) is 24.2 Å². The first-order valence-corrected chi connectivity index (χ1v) is 6.45. The highest BCUT2D eigenvalue weighted by Crippen LogP contribution is 2.35. The van der Waals surface area contributed by atoms with Gasteiger partial charge in [0.05, 0.1) is 5.92 Å². The molecule has 18 heavy (non-hydrogen) atoms. The number of rotatable bonds is 1. The quantitative estimate of drug-likeness (QED) is 0.774. The highest BCUT2D eigenvalue weighted by molar-refractivity contribution is 5.82. The van der Waals surface area contributed by atoms with Crippen LogP contribution in [0.25, 0.3) is 0 Å². The van der Waals surface area contributed by atoms with Crippen molar-refractivity contribution >= 4 is 11.7 Å². The fourth-order valence-electron chi connectivity index (χ4n) is 2.34. The van der Waals surface area contributed by atoms with Gasteiger partial charge in [-0.05, 0) is 45.2 Å². The van der Waals surface area contributed by atoms with Crippen molar-refractivity contribution in [2.24, 2.45) is 0 Å². The van der Waals surface area contributed by atoms with Crippen LogP contribution in [0.3, 0.4) is 0 Å². The van der Waals surface area contributed by atoms with Crippen LogP contribution in [-0.2, 0) is 9.53 Å². The number of hydrogen-bond acceptors (Lipinski definition) is 3. The standard InChI is InChI=1S/C15H21NO2/c1-10-6-5-7-11-12(8-9-16-13(10)11)14(17)18-15(2,3)4/h5-7,12,16H,8-9H2,1-4H3. The molecule has 98 valence electrons. The van der Waals surface area contributed by atoms with Crippen LogP contribution in [-0.4, -0.2) is 18.1 Å². The fraction of sp³-hybridized carbons (Fsp3) is 0.533. The van der Waals surface area contributed by atoms with Gasteiger partial charge in [0.25, 0.3) is 0 Å². The van der Waals surface area contributed by atoms with E-state index >= 15 is 0 Å². The molecule has 1 aromatic carbocycles. The molecule has 3 heteroatoms. The van der Waals surface area contributed by atoms with Gasteiger partial charge in [-0.25, -0.2) is 0 Å². The zero-order valence-corrected chi connectivity index (χ0v) is 11.5. The van der Waals surface area contributed by atoms with Gasteiger partial charge in [-0.15, -0.1) is 0 Å². The third-order valence-corrected chi connectivity index (χ3v) is 3.11. The van der Waals surface area contributed by atoms with Crippen molar-refractivity contribution in [3.63, 3.8) is 0 Å². The molecule has 1 heterocycles. The number of hydrogen-bond donors (Lipinski definition) is 1. The van der Waals surface area contributed by atoms with E-state index in [-0.39, 0.29) is 11.9 Å². The van der Waals surface area contributed by atoms with E-state index in [1.54, 1.807) is 0 Å². The van der Waals surface area contributed by atoms with Crippen LogP contribution in [0.15, 0.2) is 18.2 Å². The molecule has 1 aliphatic rings. The lowest BCUT2D eigenvalue weighted by Crippen LogP contribution is -2.31. The smallest absolute Gasteiger partial charge is 0.314 e. The summed E-state index contributed by atoms with van der Waals surface area (Å²) in [6.45, 7) is 8.60. The van der Waals surface area contributed by atoms with Crippen LogP contribution in [0.1, 0.15) is 44.2 Å². The molecular formula is C15H21NO2. The molecule has 0 spiro atoms. The summed E-state index contributed by atoms with van der Waals surface area (Å²) in [7, 11) is 0. The van der Waals surface area contributed by atoms with E-state index in [0.29, 0.717) is 0 Å². The molecule has 3 nitrogen and oxygen atoms in total. The number of para-hydroxylation sites is 1. The number of carbonyl (C=O) groups is 1. The molecule has 0 bridgehead atoms. The van der Waals surface area contributed by atoms with Gasteiger partial charge in [0.1, 0.15) is 5.60 Å². The molecule has 1 unspecified atom stereocenters. The maximum absolute atomic E-state index is 12.2. The first-order valence-electron chi connectivity index (χ1n) is 6.45. The van der Waals surface area contributed by atoms with Crippen LogP contribution >= 0.6 is 0 Å². The van der Waals surface area contributed by atoms with Gasteiger partial charge in [0.15, 0.2) is 0 Å². The monoisotopic (exact) mass is 247 g/mol. The van der Waals surface area contributed by atoms with Crippen molar-refractivity contribution in [2.45, 2.75) is 45.6 Å². The SMILES string of the molecule is Cc1cccc2c1NCCC2C(=O)OC(C)(C)C. The van der Waals surface area contributed by atoms with Crippen LogP contribution in [0, 0.1) is 6.92 Å². The third kappa shape index (κ3) is 2.66. The molecular weight excluding hydrogens is 226 g/mol. The minimum atomic E-state index is -0.425. The Kier molecular flexibility index (Phi) is 3.33. The number of nitrogens with one attached hydrogen (secondary N) is 1. The summed E-state index contributed by atoms with van der Waals surface area (Å²) in [6.07, 6.45) is 0.797. The molecule has 1 atom stereocenters. The number of ether oxygens (including phenoxy) is 1. The van der Waals surface area contributed by atoms with Crippen molar-refractivity contribution in [2.75, 3.05) is 11.9 Å². The molecule has 0 saturated heterocycles. The zero-order valence-electron chi connectivity index (χ0n) is 11.5. The van der Waals surface area contributed by atoms with Crippen LogP contribution in [0.2, 0.25) is 0 Å². The third-order valence-electron chi connectivity index (χ3n) is 3.11. The molecule has 0 saturated carbocycles. The Hall–Kier alpha value is -1.51. The van der Waals surface area contributed by atoms with Crippen LogP contribution in [0.5, 0.6) is 0 Å². The van der Waals surface area contributed by atoms with Gasteiger partial charge in [0, 0.05) is 12.2 Å². The Balaban J connectivity index is 2.28. The zero-order chi connectivity index (χ0) is 13.3. The molecule has 1 N–H and O–H groups in total.